The molecule has 2 rings (SSSR count). The lowest BCUT2D eigenvalue weighted by molar-refractivity contribution is -0.150. The molecule has 0 fully saturated rings. The first-order valence-electron chi connectivity index (χ1n) is 8.21. The number of hydrogen-bond acceptors (Lipinski definition) is 7. The highest BCUT2D eigenvalue weighted by molar-refractivity contribution is 7.10. The lowest BCUT2D eigenvalue weighted by Gasteiger charge is -2.13. The molecule has 0 aliphatic carbocycles. The molecule has 2 aromatic rings. The van der Waals surface area contributed by atoms with Gasteiger partial charge in [0, 0.05) is 10.4 Å². The van der Waals surface area contributed by atoms with Gasteiger partial charge in [-0.25, -0.2) is 4.79 Å². The molecule has 1 atom stereocenters. The van der Waals surface area contributed by atoms with Crippen LogP contribution in [0.25, 0.3) is 0 Å². The molecule has 0 aliphatic rings. The Labute approximate surface area is 161 Å². The Bertz CT molecular complexity index is 803. The van der Waals surface area contributed by atoms with E-state index in [1.54, 1.807) is 6.07 Å². The fourth-order valence-corrected chi connectivity index (χ4v) is 2.96. The number of ketones is 1. The molecule has 0 spiro atoms. The van der Waals surface area contributed by atoms with E-state index in [2.05, 4.69) is 5.32 Å². The van der Waals surface area contributed by atoms with E-state index in [4.69, 9.17) is 14.2 Å². The molecule has 8 heteroatoms. The SMILES string of the molecule is COc1cc(C(C)=O)ccc1OCC(=O)OCC(=O)N[C@H](C)c1cccs1. The molecule has 0 radical (unpaired) electrons. The molecule has 1 heterocycles. The predicted octanol–water partition coefficient (Wildman–Crippen LogP) is 2.76. The number of thiophene rings is 1. The molecule has 1 aromatic heterocycles. The molecule has 0 aliphatic heterocycles. The van der Waals surface area contributed by atoms with Crippen LogP contribution in [0, 0.1) is 0 Å². The van der Waals surface area contributed by atoms with Crippen molar-refractivity contribution < 1.29 is 28.6 Å². The first-order chi connectivity index (χ1) is 12.9. The first-order valence-corrected chi connectivity index (χ1v) is 9.09. The summed E-state index contributed by atoms with van der Waals surface area (Å²) < 4.78 is 15.4. The maximum atomic E-state index is 11.9. The van der Waals surface area contributed by atoms with Gasteiger partial charge >= 0.3 is 5.97 Å². The third-order valence-corrected chi connectivity index (χ3v) is 4.68. The summed E-state index contributed by atoms with van der Waals surface area (Å²) in [6.45, 7) is 2.52. The van der Waals surface area contributed by atoms with Crippen LogP contribution >= 0.6 is 11.3 Å². The van der Waals surface area contributed by atoms with Gasteiger partial charge in [-0.15, -0.1) is 11.3 Å². The minimum absolute atomic E-state index is 0.109. The van der Waals surface area contributed by atoms with E-state index in [0.717, 1.165) is 4.88 Å². The summed E-state index contributed by atoms with van der Waals surface area (Å²) in [5, 5.41) is 4.67. The Hall–Kier alpha value is -2.87. The van der Waals surface area contributed by atoms with E-state index in [-0.39, 0.29) is 18.4 Å². The van der Waals surface area contributed by atoms with Gasteiger partial charge in [-0.05, 0) is 43.5 Å². The third-order valence-electron chi connectivity index (χ3n) is 3.63. The number of esters is 1. The van der Waals surface area contributed by atoms with Crippen molar-refractivity contribution in [2.45, 2.75) is 19.9 Å². The molecular formula is C19H21NO6S. The third kappa shape index (κ3) is 6.10. The smallest absolute Gasteiger partial charge is 0.344 e. The van der Waals surface area contributed by atoms with Gasteiger partial charge in [0.25, 0.3) is 5.91 Å². The number of Topliss-reactive ketones (excluding diaryl/α,β-unsaturated/α-hetero) is 1. The van der Waals surface area contributed by atoms with Crippen molar-refractivity contribution in [3.8, 4) is 11.5 Å². The van der Waals surface area contributed by atoms with E-state index in [9.17, 15) is 14.4 Å². The lowest BCUT2D eigenvalue weighted by atomic mass is 10.1. The van der Waals surface area contributed by atoms with E-state index in [0.29, 0.717) is 17.1 Å². The van der Waals surface area contributed by atoms with Crippen LogP contribution < -0.4 is 14.8 Å². The van der Waals surface area contributed by atoms with Crippen molar-refractivity contribution in [1.29, 1.82) is 0 Å². The van der Waals surface area contributed by atoms with Crippen molar-refractivity contribution in [2.75, 3.05) is 20.3 Å². The molecule has 0 saturated heterocycles. The molecule has 7 nitrogen and oxygen atoms in total. The van der Waals surface area contributed by atoms with E-state index in [1.807, 2.05) is 24.4 Å². The van der Waals surface area contributed by atoms with Gasteiger partial charge in [0.1, 0.15) is 0 Å². The standard InChI is InChI=1S/C19H21NO6S/c1-12(17-5-4-8-27-17)20-18(22)10-26-19(23)11-25-15-7-6-14(13(2)21)9-16(15)24-3/h4-9,12H,10-11H2,1-3H3,(H,20,22)/t12-/m1/s1. The van der Waals surface area contributed by atoms with Crippen LogP contribution in [0.15, 0.2) is 35.7 Å². The van der Waals surface area contributed by atoms with Crippen LogP contribution in [0.2, 0.25) is 0 Å². The number of carbonyl (C=O) groups excluding carboxylic acids is 3. The summed E-state index contributed by atoms with van der Waals surface area (Å²) in [6, 6.07) is 8.31. The molecule has 1 aromatic carbocycles. The maximum Gasteiger partial charge on any atom is 0.344 e. The molecule has 0 saturated carbocycles. The van der Waals surface area contributed by atoms with E-state index < -0.39 is 18.5 Å². The Morgan fingerprint density at radius 2 is 1.93 bits per heavy atom. The Morgan fingerprint density at radius 3 is 2.56 bits per heavy atom. The van der Waals surface area contributed by atoms with E-state index >= 15 is 0 Å². The minimum Gasteiger partial charge on any atom is -0.493 e. The summed E-state index contributed by atoms with van der Waals surface area (Å²) >= 11 is 1.53. The number of rotatable bonds is 9. The van der Waals surface area contributed by atoms with Crippen LogP contribution in [-0.2, 0) is 14.3 Å². The second-order valence-electron chi connectivity index (χ2n) is 5.68. The number of hydrogen-bond donors (Lipinski definition) is 1. The summed E-state index contributed by atoms with van der Waals surface area (Å²) in [5.41, 5.74) is 0.471. The number of methoxy groups -OCH3 is 1. The number of benzene rings is 1. The zero-order valence-electron chi connectivity index (χ0n) is 15.3. The number of carbonyl (C=O) groups is 3. The van der Waals surface area contributed by atoms with Crippen molar-refractivity contribution >= 4 is 29.0 Å². The molecule has 27 heavy (non-hydrogen) atoms. The summed E-state index contributed by atoms with van der Waals surface area (Å²) in [4.78, 5) is 36.0. The lowest BCUT2D eigenvalue weighted by Crippen LogP contribution is -2.31. The van der Waals surface area contributed by atoms with Crippen molar-refractivity contribution in [2.24, 2.45) is 0 Å². The second-order valence-corrected chi connectivity index (χ2v) is 6.66. The fraction of sp³-hybridized carbons (Fsp3) is 0.316. The van der Waals surface area contributed by atoms with Crippen LogP contribution in [-0.4, -0.2) is 38.0 Å². The Morgan fingerprint density at radius 1 is 1.15 bits per heavy atom. The highest BCUT2D eigenvalue weighted by Gasteiger charge is 2.14. The zero-order valence-corrected chi connectivity index (χ0v) is 16.1. The average molecular weight is 391 g/mol. The van der Waals surface area contributed by atoms with Crippen molar-refractivity contribution in [1.82, 2.24) is 5.32 Å². The van der Waals surface area contributed by atoms with Crippen LogP contribution in [0.3, 0.4) is 0 Å². The van der Waals surface area contributed by atoms with E-state index in [1.165, 1.54) is 37.5 Å². The summed E-state index contributed by atoms with van der Waals surface area (Å²) in [6.07, 6.45) is 0. The largest absolute Gasteiger partial charge is 0.493 e. The van der Waals surface area contributed by atoms with Crippen molar-refractivity contribution in [3.05, 3.63) is 46.2 Å². The van der Waals surface area contributed by atoms with Gasteiger partial charge in [0.15, 0.2) is 30.5 Å². The monoisotopic (exact) mass is 391 g/mol. The van der Waals surface area contributed by atoms with Gasteiger partial charge in [0.05, 0.1) is 13.2 Å². The number of ether oxygens (including phenoxy) is 3. The van der Waals surface area contributed by atoms with Gasteiger partial charge in [-0.2, -0.15) is 0 Å². The summed E-state index contributed by atoms with van der Waals surface area (Å²) in [5.74, 6) is -0.561. The number of amides is 1. The molecular weight excluding hydrogens is 370 g/mol. The van der Waals surface area contributed by atoms with Crippen LogP contribution in [0.4, 0.5) is 0 Å². The highest BCUT2D eigenvalue weighted by Crippen LogP contribution is 2.28. The van der Waals surface area contributed by atoms with Gasteiger partial charge in [0.2, 0.25) is 0 Å². The fourth-order valence-electron chi connectivity index (χ4n) is 2.22. The van der Waals surface area contributed by atoms with Gasteiger partial charge in [-0.3, -0.25) is 9.59 Å². The second kappa shape index (κ2) is 9.72. The normalized spacial score (nSPS) is 11.4. The summed E-state index contributed by atoms with van der Waals surface area (Å²) in [7, 11) is 1.43. The molecule has 1 N–H and O–H groups in total. The Balaban J connectivity index is 1.79. The van der Waals surface area contributed by atoms with Crippen LogP contribution in [0.5, 0.6) is 11.5 Å². The number of nitrogens with one attached hydrogen (secondary N) is 1. The van der Waals surface area contributed by atoms with Gasteiger partial charge in [-0.1, -0.05) is 6.07 Å². The maximum absolute atomic E-state index is 11.9. The highest BCUT2D eigenvalue weighted by atomic mass is 32.1. The van der Waals surface area contributed by atoms with Crippen molar-refractivity contribution in [3.63, 3.8) is 0 Å². The topological polar surface area (TPSA) is 90.9 Å². The zero-order chi connectivity index (χ0) is 19.8. The quantitative estimate of drug-likeness (QED) is 0.522. The van der Waals surface area contributed by atoms with Gasteiger partial charge < -0.3 is 19.5 Å². The van der Waals surface area contributed by atoms with Crippen LogP contribution in [0.1, 0.15) is 35.1 Å². The molecule has 0 bridgehead atoms. The minimum atomic E-state index is -0.688. The first kappa shape index (κ1) is 20.4. The predicted molar refractivity (Wildman–Crippen MR) is 100 cm³/mol. The average Bonchev–Trinajstić information content (AvgIpc) is 3.19. The molecule has 144 valence electrons. The molecule has 1 amide bonds. The molecule has 0 unspecified atom stereocenters. The Kier molecular flexibility index (Phi) is 7.36.